The fourth-order valence-electron chi connectivity index (χ4n) is 2.45. The number of guanidine groups is 1. The summed E-state index contributed by atoms with van der Waals surface area (Å²) in [5.74, 6) is 1.54. The molecule has 6 nitrogen and oxygen atoms in total. The number of aromatic nitrogens is 1. The molecule has 0 atom stereocenters. The first-order valence-electron chi connectivity index (χ1n) is 7.05. The summed E-state index contributed by atoms with van der Waals surface area (Å²) in [5, 5.41) is 13.4. The minimum atomic E-state index is -0.0677. The van der Waals surface area contributed by atoms with Crippen LogP contribution in [-0.4, -0.2) is 42.5 Å². The molecule has 0 spiro atoms. The Morgan fingerprint density at radius 1 is 1.45 bits per heavy atom. The zero-order valence-corrected chi connectivity index (χ0v) is 12.2. The average Bonchev–Trinajstić information content (AvgIpc) is 2.40. The summed E-state index contributed by atoms with van der Waals surface area (Å²) >= 11 is 0. The van der Waals surface area contributed by atoms with E-state index >= 15 is 0 Å². The van der Waals surface area contributed by atoms with Gasteiger partial charge in [0, 0.05) is 6.54 Å². The van der Waals surface area contributed by atoms with Crippen LogP contribution in [0.5, 0.6) is 0 Å². The molecule has 0 bridgehead atoms. The number of nitrogens with one attached hydrogen (secondary N) is 3. The molecule has 1 aliphatic heterocycles. The Kier molecular flexibility index (Phi) is 4.79. The van der Waals surface area contributed by atoms with Gasteiger partial charge in [0.25, 0.3) is 0 Å². The number of hydrogen-bond donors (Lipinski definition) is 4. The SMILES string of the molecule is Cc1nc(NCC2CCN(C)CC2)ccc1NC(=N)N. The van der Waals surface area contributed by atoms with Gasteiger partial charge in [-0.05, 0) is 58.0 Å². The van der Waals surface area contributed by atoms with Crippen LogP contribution in [0.2, 0.25) is 0 Å². The molecule has 0 aromatic carbocycles. The van der Waals surface area contributed by atoms with Crippen molar-refractivity contribution in [3.8, 4) is 0 Å². The van der Waals surface area contributed by atoms with Crippen LogP contribution in [0.25, 0.3) is 0 Å². The molecule has 0 unspecified atom stereocenters. The minimum absolute atomic E-state index is 0.0677. The molecule has 110 valence electrons. The number of rotatable bonds is 4. The Labute approximate surface area is 120 Å². The number of nitrogens with two attached hydrogens (primary N) is 1. The molecule has 1 saturated heterocycles. The van der Waals surface area contributed by atoms with Crippen molar-refractivity contribution >= 4 is 17.5 Å². The van der Waals surface area contributed by atoms with Crippen molar-refractivity contribution in [2.24, 2.45) is 11.7 Å². The molecule has 1 aromatic rings. The average molecular weight is 276 g/mol. The molecular weight excluding hydrogens is 252 g/mol. The summed E-state index contributed by atoms with van der Waals surface area (Å²) in [4.78, 5) is 6.87. The fraction of sp³-hybridized carbons (Fsp3) is 0.571. The molecule has 1 fully saturated rings. The van der Waals surface area contributed by atoms with Crippen LogP contribution in [0.4, 0.5) is 11.5 Å². The lowest BCUT2D eigenvalue weighted by molar-refractivity contribution is 0.226. The largest absolute Gasteiger partial charge is 0.370 e. The van der Waals surface area contributed by atoms with E-state index in [4.69, 9.17) is 11.1 Å². The van der Waals surface area contributed by atoms with Crippen molar-refractivity contribution in [2.45, 2.75) is 19.8 Å². The molecule has 0 aliphatic carbocycles. The molecule has 2 rings (SSSR count). The number of aryl methyl sites for hydroxylation is 1. The summed E-state index contributed by atoms with van der Waals surface area (Å²) in [7, 11) is 2.18. The maximum atomic E-state index is 7.23. The maximum Gasteiger partial charge on any atom is 0.190 e. The first kappa shape index (κ1) is 14.6. The molecule has 1 aromatic heterocycles. The summed E-state index contributed by atoms with van der Waals surface area (Å²) in [6.07, 6.45) is 2.49. The summed E-state index contributed by atoms with van der Waals surface area (Å²) in [5.41, 5.74) is 6.94. The first-order valence-corrected chi connectivity index (χ1v) is 7.05. The van der Waals surface area contributed by atoms with Crippen molar-refractivity contribution in [2.75, 3.05) is 37.3 Å². The van der Waals surface area contributed by atoms with E-state index in [-0.39, 0.29) is 5.96 Å². The highest BCUT2D eigenvalue weighted by molar-refractivity contribution is 5.90. The molecule has 1 aliphatic rings. The van der Waals surface area contributed by atoms with Gasteiger partial charge in [0.2, 0.25) is 0 Å². The summed E-state index contributed by atoms with van der Waals surface area (Å²) < 4.78 is 0. The van der Waals surface area contributed by atoms with Crippen LogP contribution < -0.4 is 16.4 Å². The Morgan fingerprint density at radius 3 is 2.75 bits per heavy atom. The third-order valence-electron chi connectivity index (χ3n) is 3.77. The van der Waals surface area contributed by atoms with Crippen molar-refractivity contribution < 1.29 is 0 Å². The van der Waals surface area contributed by atoms with E-state index in [1.54, 1.807) is 0 Å². The van der Waals surface area contributed by atoms with Gasteiger partial charge < -0.3 is 21.3 Å². The number of likely N-dealkylation sites (tertiary alicyclic amines) is 1. The second kappa shape index (κ2) is 6.56. The zero-order valence-electron chi connectivity index (χ0n) is 12.2. The van der Waals surface area contributed by atoms with Gasteiger partial charge in [-0.25, -0.2) is 4.98 Å². The van der Waals surface area contributed by atoms with Crippen LogP contribution in [0.3, 0.4) is 0 Å². The topological polar surface area (TPSA) is 90.1 Å². The van der Waals surface area contributed by atoms with Crippen LogP contribution in [0, 0.1) is 18.3 Å². The van der Waals surface area contributed by atoms with E-state index in [0.717, 1.165) is 29.7 Å². The Balaban J connectivity index is 1.87. The quantitative estimate of drug-likeness (QED) is 0.493. The predicted octanol–water partition coefficient (Wildman–Crippen LogP) is 1.45. The van der Waals surface area contributed by atoms with Crippen LogP contribution >= 0.6 is 0 Å². The first-order chi connectivity index (χ1) is 9.54. The maximum absolute atomic E-state index is 7.23. The molecule has 6 heteroatoms. The third-order valence-corrected chi connectivity index (χ3v) is 3.77. The van der Waals surface area contributed by atoms with Gasteiger partial charge >= 0.3 is 0 Å². The molecule has 0 radical (unpaired) electrons. The van der Waals surface area contributed by atoms with E-state index in [1.807, 2.05) is 19.1 Å². The van der Waals surface area contributed by atoms with Gasteiger partial charge in [-0.2, -0.15) is 0 Å². The Bertz CT molecular complexity index is 465. The molecule has 0 saturated carbocycles. The Hall–Kier alpha value is -1.82. The van der Waals surface area contributed by atoms with Gasteiger partial charge in [-0.15, -0.1) is 0 Å². The molecule has 20 heavy (non-hydrogen) atoms. The van der Waals surface area contributed by atoms with Gasteiger partial charge in [0.15, 0.2) is 5.96 Å². The number of piperidine rings is 1. The monoisotopic (exact) mass is 276 g/mol. The highest BCUT2D eigenvalue weighted by Gasteiger charge is 2.16. The molecule has 2 heterocycles. The van der Waals surface area contributed by atoms with Crippen LogP contribution in [0.1, 0.15) is 18.5 Å². The van der Waals surface area contributed by atoms with Crippen molar-refractivity contribution in [1.82, 2.24) is 9.88 Å². The van der Waals surface area contributed by atoms with Crippen molar-refractivity contribution in [1.29, 1.82) is 5.41 Å². The zero-order chi connectivity index (χ0) is 14.5. The number of pyridine rings is 1. The van der Waals surface area contributed by atoms with Gasteiger partial charge in [0.05, 0.1) is 11.4 Å². The molecule has 5 N–H and O–H groups in total. The van der Waals surface area contributed by atoms with E-state index < -0.39 is 0 Å². The Morgan fingerprint density at radius 2 is 2.15 bits per heavy atom. The predicted molar refractivity (Wildman–Crippen MR) is 83.2 cm³/mol. The third kappa shape index (κ3) is 4.09. The highest BCUT2D eigenvalue weighted by Crippen LogP contribution is 2.18. The smallest absolute Gasteiger partial charge is 0.190 e. The number of hydrogen-bond acceptors (Lipinski definition) is 4. The van der Waals surface area contributed by atoms with Crippen LogP contribution in [-0.2, 0) is 0 Å². The summed E-state index contributed by atoms with van der Waals surface area (Å²) in [6.45, 7) is 5.24. The second-order valence-corrected chi connectivity index (χ2v) is 5.50. The van der Waals surface area contributed by atoms with E-state index in [0.29, 0.717) is 0 Å². The van der Waals surface area contributed by atoms with Gasteiger partial charge in [-0.3, -0.25) is 5.41 Å². The van der Waals surface area contributed by atoms with E-state index in [1.165, 1.54) is 25.9 Å². The molecular formula is C14H24N6. The normalized spacial score (nSPS) is 16.9. The summed E-state index contributed by atoms with van der Waals surface area (Å²) in [6, 6.07) is 3.83. The molecule has 0 amide bonds. The number of anilines is 2. The van der Waals surface area contributed by atoms with Crippen molar-refractivity contribution in [3.63, 3.8) is 0 Å². The van der Waals surface area contributed by atoms with Gasteiger partial charge in [-0.1, -0.05) is 0 Å². The van der Waals surface area contributed by atoms with E-state index in [2.05, 4.69) is 27.6 Å². The lowest BCUT2D eigenvalue weighted by Gasteiger charge is -2.29. The lowest BCUT2D eigenvalue weighted by atomic mass is 9.97. The van der Waals surface area contributed by atoms with Crippen molar-refractivity contribution in [3.05, 3.63) is 17.8 Å². The second-order valence-electron chi connectivity index (χ2n) is 5.50. The lowest BCUT2D eigenvalue weighted by Crippen LogP contribution is -2.33. The van der Waals surface area contributed by atoms with Crippen LogP contribution in [0.15, 0.2) is 12.1 Å². The van der Waals surface area contributed by atoms with Gasteiger partial charge in [0.1, 0.15) is 5.82 Å². The number of nitrogens with zero attached hydrogens (tertiary/aromatic N) is 2. The fourth-order valence-corrected chi connectivity index (χ4v) is 2.45. The minimum Gasteiger partial charge on any atom is -0.370 e. The van der Waals surface area contributed by atoms with E-state index in [9.17, 15) is 0 Å². The standard InChI is InChI=1S/C14H24N6/c1-10-12(19-14(15)16)3-4-13(18-10)17-9-11-5-7-20(2)8-6-11/h3-4,11H,5-9H2,1-2H3,(H,17,18)(H4,15,16,19). The highest BCUT2D eigenvalue weighted by atomic mass is 15.1.